The highest BCUT2D eigenvalue weighted by Gasteiger charge is 2.17. The maximum atomic E-state index is 12.6. The van der Waals surface area contributed by atoms with Crippen LogP contribution in [-0.4, -0.2) is 37.9 Å². The van der Waals surface area contributed by atoms with Crippen molar-refractivity contribution in [3.63, 3.8) is 0 Å². The lowest BCUT2D eigenvalue weighted by molar-refractivity contribution is -0.163. The maximum absolute atomic E-state index is 12.6. The zero-order valence-electron chi connectivity index (χ0n) is 38.9. The van der Waals surface area contributed by atoms with E-state index in [0.717, 1.165) is 109 Å². The van der Waals surface area contributed by atoms with Crippen LogP contribution in [0.4, 0.5) is 0 Å². The first-order valence-corrected chi connectivity index (χ1v) is 24.4. The molecule has 0 fully saturated rings. The molecule has 0 rings (SSSR count). The summed E-state index contributed by atoms with van der Waals surface area (Å²) in [4.78, 5) is 25.1. The van der Waals surface area contributed by atoms with Crippen molar-refractivity contribution in [3.8, 4) is 0 Å². The SMILES string of the molecule is CC/C=C\C/C=C\C/C=C\C/C=C\C/C=C\C/C=C\CCCOCC(COC(=O)CCCCCCCC/C=C\C/C=C\C/C=C\CCCCC)OC(=O)CCCCCCC. The third-order valence-electron chi connectivity index (χ3n) is 9.79. The molecule has 0 aromatic carbocycles. The Morgan fingerprint density at radius 3 is 1.23 bits per heavy atom. The molecule has 0 bridgehead atoms. The molecule has 0 spiro atoms. The molecule has 5 heteroatoms. The zero-order chi connectivity index (χ0) is 43.5. The topological polar surface area (TPSA) is 61.8 Å². The molecule has 0 aliphatic rings. The molecular weight excluding hydrogens is 741 g/mol. The summed E-state index contributed by atoms with van der Waals surface area (Å²) in [5.41, 5.74) is 0. The average Bonchev–Trinajstić information content (AvgIpc) is 3.25. The van der Waals surface area contributed by atoms with Gasteiger partial charge in [0.25, 0.3) is 0 Å². The van der Waals surface area contributed by atoms with Gasteiger partial charge in [0.1, 0.15) is 6.61 Å². The van der Waals surface area contributed by atoms with E-state index < -0.39 is 6.10 Å². The number of carbonyl (C=O) groups excluding carboxylic acids is 2. The van der Waals surface area contributed by atoms with Crippen LogP contribution in [0.1, 0.15) is 201 Å². The fraction of sp³-hybridized carbons (Fsp3) is 0.636. The van der Waals surface area contributed by atoms with Crippen molar-refractivity contribution in [1.82, 2.24) is 0 Å². The summed E-state index contributed by atoms with van der Waals surface area (Å²) in [7, 11) is 0. The molecule has 0 aliphatic heterocycles. The quantitative estimate of drug-likeness (QED) is 0.0348. The molecule has 340 valence electrons. The van der Waals surface area contributed by atoms with Crippen LogP contribution in [0, 0.1) is 0 Å². The van der Waals surface area contributed by atoms with Crippen LogP contribution in [0.2, 0.25) is 0 Å². The summed E-state index contributed by atoms with van der Waals surface area (Å²) in [5.74, 6) is -0.464. The van der Waals surface area contributed by atoms with E-state index in [-0.39, 0.29) is 25.2 Å². The predicted molar refractivity (Wildman–Crippen MR) is 260 cm³/mol. The van der Waals surface area contributed by atoms with Crippen molar-refractivity contribution < 1.29 is 23.8 Å². The summed E-state index contributed by atoms with van der Waals surface area (Å²) >= 11 is 0. The molecular formula is C55H90O5. The van der Waals surface area contributed by atoms with Gasteiger partial charge in [-0.05, 0) is 103 Å². The standard InChI is InChI=1S/C55H90O5/c1-4-7-10-13-15-17-19-21-23-25-27-29-31-33-35-37-39-41-44-47-50-58-51-53(60-55(57)49-46-42-12-9-6-3)52-59-54(56)48-45-43-40-38-36-34-32-30-28-26-24-22-20-18-16-14-11-8-5-2/h7,10,15-18,21-24,27-30,33,35,39,41,53H,4-6,8-9,11-14,19-20,25-26,31-32,34,36-38,40,42-52H2,1-3H3/b10-7-,17-15-,18-16-,23-21-,24-22-,29-27-,30-28-,35-33-,41-39-. The van der Waals surface area contributed by atoms with E-state index >= 15 is 0 Å². The van der Waals surface area contributed by atoms with Gasteiger partial charge >= 0.3 is 11.9 Å². The first-order chi connectivity index (χ1) is 29.6. The molecule has 0 aliphatic carbocycles. The molecule has 0 aromatic rings. The molecule has 60 heavy (non-hydrogen) atoms. The van der Waals surface area contributed by atoms with Gasteiger partial charge in [-0.25, -0.2) is 0 Å². The smallest absolute Gasteiger partial charge is 0.306 e. The van der Waals surface area contributed by atoms with Gasteiger partial charge in [-0.1, -0.05) is 194 Å². The average molecular weight is 831 g/mol. The van der Waals surface area contributed by atoms with Crippen LogP contribution >= 0.6 is 0 Å². The van der Waals surface area contributed by atoms with Crippen LogP contribution in [0.5, 0.6) is 0 Å². The van der Waals surface area contributed by atoms with Crippen molar-refractivity contribution in [3.05, 3.63) is 109 Å². The molecule has 1 unspecified atom stereocenters. The van der Waals surface area contributed by atoms with Crippen LogP contribution < -0.4 is 0 Å². The lowest BCUT2D eigenvalue weighted by atomic mass is 10.1. The second kappa shape index (κ2) is 49.9. The second-order valence-electron chi connectivity index (χ2n) is 15.6. The van der Waals surface area contributed by atoms with Crippen molar-refractivity contribution in [2.24, 2.45) is 0 Å². The third kappa shape index (κ3) is 47.2. The Morgan fingerprint density at radius 1 is 0.383 bits per heavy atom. The number of hydrogen-bond donors (Lipinski definition) is 0. The Kier molecular flexibility index (Phi) is 47.1. The lowest BCUT2D eigenvalue weighted by Gasteiger charge is -2.18. The molecule has 0 saturated carbocycles. The molecule has 0 amide bonds. The van der Waals surface area contributed by atoms with Gasteiger partial charge in [-0.15, -0.1) is 0 Å². The van der Waals surface area contributed by atoms with Crippen molar-refractivity contribution in [1.29, 1.82) is 0 Å². The monoisotopic (exact) mass is 831 g/mol. The predicted octanol–water partition coefficient (Wildman–Crippen LogP) is 16.4. The third-order valence-corrected chi connectivity index (χ3v) is 9.79. The first kappa shape index (κ1) is 56.6. The van der Waals surface area contributed by atoms with Gasteiger partial charge < -0.3 is 14.2 Å². The summed E-state index contributed by atoms with van der Waals surface area (Å²) in [5, 5.41) is 0. The number of ether oxygens (including phenoxy) is 3. The van der Waals surface area contributed by atoms with E-state index in [9.17, 15) is 9.59 Å². The Hall–Kier alpha value is -3.44. The lowest BCUT2D eigenvalue weighted by Crippen LogP contribution is -2.30. The number of allylic oxidation sites excluding steroid dienone is 18. The minimum atomic E-state index is -0.574. The summed E-state index contributed by atoms with van der Waals surface area (Å²) in [6.07, 6.45) is 68.5. The van der Waals surface area contributed by atoms with E-state index in [4.69, 9.17) is 14.2 Å². The van der Waals surface area contributed by atoms with Gasteiger partial charge in [0.2, 0.25) is 0 Å². The molecule has 0 aromatic heterocycles. The van der Waals surface area contributed by atoms with E-state index in [1.54, 1.807) is 0 Å². The Labute approximate surface area is 370 Å². The summed E-state index contributed by atoms with van der Waals surface area (Å²) < 4.78 is 17.2. The highest BCUT2D eigenvalue weighted by molar-refractivity contribution is 5.70. The van der Waals surface area contributed by atoms with Gasteiger partial charge in [0.15, 0.2) is 6.10 Å². The molecule has 5 nitrogen and oxygen atoms in total. The number of hydrogen-bond acceptors (Lipinski definition) is 5. The number of esters is 2. The number of rotatable bonds is 43. The second-order valence-corrected chi connectivity index (χ2v) is 15.6. The normalized spacial score (nSPS) is 13.2. The van der Waals surface area contributed by atoms with Crippen LogP contribution in [-0.2, 0) is 23.8 Å². The Balaban J connectivity index is 4.19. The van der Waals surface area contributed by atoms with Gasteiger partial charge in [-0.2, -0.15) is 0 Å². The molecule has 0 heterocycles. The summed E-state index contributed by atoms with van der Waals surface area (Å²) in [6, 6.07) is 0. The van der Waals surface area contributed by atoms with Gasteiger partial charge in [0.05, 0.1) is 6.61 Å². The fourth-order valence-corrected chi connectivity index (χ4v) is 6.18. The minimum absolute atomic E-state index is 0.0487. The van der Waals surface area contributed by atoms with Crippen LogP contribution in [0.3, 0.4) is 0 Å². The summed E-state index contributed by atoms with van der Waals surface area (Å²) in [6.45, 7) is 7.44. The number of carbonyl (C=O) groups is 2. The van der Waals surface area contributed by atoms with Crippen molar-refractivity contribution in [2.45, 2.75) is 207 Å². The van der Waals surface area contributed by atoms with Crippen LogP contribution in [0.15, 0.2) is 109 Å². The Morgan fingerprint density at radius 2 is 0.750 bits per heavy atom. The van der Waals surface area contributed by atoms with Crippen molar-refractivity contribution >= 4 is 11.9 Å². The van der Waals surface area contributed by atoms with E-state index in [1.807, 2.05) is 0 Å². The van der Waals surface area contributed by atoms with Gasteiger partial charge in [0, 0.05) is 19.4 Å². The highest BCUT2D eigenvalue weighted by atomic mass is 16.6. The maximum Gasteiger partial charge on any atom is 0.306 e. The first-order valence-electron chi connectivity index (χ1n) is 24.4. The molecule has 1 atom stereocenters. The van der Waals surface area contributed by atoms with E-state index in [1.165, 1.54) is 57.8 Å². The largest absolute Gasteiger partial charge is 0.462 e. The van der Waals surface area contributed by atoms with E-state index in [0.29, 0.717) is 19.4 Å². The molecule has 0 saturated heterocycles. The van der Waals surface area contributed by atoms with Crippen molar-refractivity contribution in [2.75, 3.05) is 19.8 Å². The van der Waals surface area contributed by atoms with Gasteiger partial charge in [-0.3, -0.25) is 9.59 Å². The fourth-order valence-electron chi connectivity index (χ4n) is 6.18. The highest BCUT2D eigenvalue weighted by Crippen LogP contribution is 2.12. The molecule has 0 N–H and O–H groups in total. The number of unbranched alkanes of at least 4 members (excludes halogenated alkanes) is 14. The van der Waals surface area contributed by atoms with Crippen LogP contribution in [0.25, 0.3) is 0 Å². The Bertz CT molecular complexity index is 1210. The molecule has 0 radical (unpaired) electrons. The zero-order valence-corrected chi connectivity index (χ0v) is 38.9. The minimum Gasteiger partial charge on any atom is -0.462 e. The van der Waals surface area contributed by atoms with E-state index in [2.05, 4.69) is 130 Å².